The molecule has 0 fully saturated rings. The number of rotatable bonds is 5. The van der Waals surface area contributed by atoms with Crippen LogP contribution in [0.25, 0.3) is 22.4 Å². The van der Waals surface area contributed by atoms with Crippen LogP contribution in [0.4, 0.5) is 4.39 Å². The molecule has 0 radical (unpaired) electrons. The van der Waals surface area contributed by atoms with Gasteiger partial charge in [0, 0.05) is 5.56 Å². The Bertz CT molecular complexity index is 1200. The van der Waals surface area contributed by atoms with Crippen LogP contribution in [-0.4, -0.2) is 20.5 Å². The lowest BCUT2D eigenvalue weighted by Gasteiger charge is -2.06. The molecule has 0 bridgehead atoms. The third-order valence-electron chi connectivity index (χ3n) is 4.05. The smallest absolute Gasteiger partial charge is 0.326 e. The number of aromatic nitrogens is 3. The number of fused-ring (bicyclic) bond motifs is 1. The van der Waals surface area contributed by atoms with Gasteiger partial charge in [0.1, 0.15) is 30.9 Å². The predicted molar refractivity (Wildman–Crippen MR) is 97.7 cm³/mol. The second-order valence-electron chi connectivity index (χ2n) is 6.01. The van der Waals surface area contributed by atoms with E-state index in [0.717, 1.165) is 0 Å². The van der Waals surface area contributed by atoms with Gasteiger partial charge in [-0.3, -0.25) is 14.2 Å². The summed E-state index contributed by atoms with van der Waals surface area (Å²) in [7, 11) is 0. The Balaban J connectivity index is 1.41. The molecule has 2 aromatic carbocycles. The number of hydrogen-bond acceptors (Lipinski definition) is 6. The summed E-state index contributed by atoms with van der Waals surface area (Å²) in [5.41, 5.74) is 1.25. The SMILES string of the molecule is O=C(Cn1cnc2ccccc2c1=O)OCc1coc(-c2ccc(F)cc2)n1. The zero-order valence-electron chi connectivity index (χ0n) is 14.5. The molecule has 0 spiro atoms. The second kappa shape index (κ2) is 7.43. The van der Waals surface area contributed by atoms with Crippen LogP contribution in [0.15, 0.2) is 70.3 Å². The minimum absolute atomic E-state index is 0.112. The number of oxazole rings is 1. The topological polar surface area (TPSA) is 87.2 Å². The standard InChI is InChI=1S/C20H14FN3O4/c21-14-7-5-13(6-8-14)19-23-15(11-28-19)10-27-18(25)9-24-12-22-17-4-2-1-3-16(17)20(24)26/h1-8,11-12H,9-10H2. The molecule has 0 N–H and O–H groups in total. The fraction of sp³-hybridized carbons (Fsp3) is 0.100. The molecule has 0 unspecified atom stereocenters. The average Bonchev–Trinajstić information content (AvgIpc) is 3.18. The van der Waals surface area contributed by atoms with Crippen LogP contribution in [0.5, 0.6) is 0 Å². The molecule has 4 aromatic rings. The summed E-state index contributed by atoms with van der Waals surface area (Å²) in [5.74, 6) is -0.672. The van der Waals surface area contributed by atoms with E-state index in [-0.39, 0.29) is 24.5 Å². The van der Waals surface area contributed by atoms with E-state index in [4.69, 9.17) is 9.15 Å². The van der Waals surface area contributed by atoms with Crippen molar-refractivity contribution in [3.63, 3.8) is 0 Å². The van der Waals surface area contributed by atoms with Crippen LogP contribution in [0.3, 0.4) is 0 Å². The molecule has 0 atom stereocenters. The van der Waals surface area contributed by atoms with Gasteiger partial charge in [0.2, 0.25) is 5.89 Å². The summed E-state index contributed by atoms with van der Waals surface area (Å²) in [4.78, 5) is 32.8. The minimum atomic E-state index is -0.606. The van der Waals surface area contributed by atoms with Crippen LogP contribution >= 0.6 is 0 Å². The maximum absolute atomic E-state index is 13.0. The van der Waals surface area contributed by atoms with E-state index in [1.165, 1.54) is 41.4 Å². The van der Waals surface area contributed by atoms with Crippen molar-refractivity contribution in [2.24, 2.45) is 0 Å². The molecule has 4 rings (SSSR count). The summed E-state index contributed by atoms with van der Waals surface area (Å²) < 4.78 is 24.6. The second-order valence-corrected chi connectivity index (χ2v) is 6.01. The van der Waals surface area contributed by atoms with Crippen molar-refractivity contribution in [3.8, 4) is 11.5 Å². The Morgan fingerprint density at radius 3 is 2.75 bits per heavy atom. The summed E-state index contributed by atoms with van der Waals surface area (Å²) in [5, 5.41) is 0.429. The maximum atomic E-state index is 13.0. The Kier molecular flexibility index (Phi) is 4.67. The lowest BCUT2D eigenvalue weighted by molar-refractivity contribution is -0.145. The highest BCUT2D eigenvalue weighted by Crippen LogP contribution is 2.19. The highest BCUT2D eigenvalue weighted by molar-refractivity contribution is 5.77. The Hall–Kier alpha value is -3.81. The Morgan fingerprint density at radius 2 is 1.93 bits per heavy atom. The molecule has 0 saturated carbocycles. The van der Waals surface area contributed by atoms with Gasteiger partial charge in [-0.25, -0.2) is 14.4 Å². The molecular weight excluding hydrogens is 365 g/mol. The first-order valence-electron chi connectivity index (χ1n) is 8.40. The number of para-hydroxylation sites is 1. The molecule has 2 heterocycles. The van der Waals surface area contributed by atoms with E-state index in [0.29, 0.717) is 28.1 Å². The highest BCUT2D eigenvalue weighted by Gasteiger charge is 2.12. The van der Waals surface area contributed by atoms with Gasteiger partial charge in [0.05, 0.1) is 17.2 Å². The third kappa shape index (κ3) is 3.66. The average molecular weight is 379 g/mol. The fourth-order valence-electron chi connectivity index (χ4n) is 2.66. The van der Waals surface area contributed by atoms with E-state index in [2.05, 4.69) is 9.97 Å². The molecule has 7 nitrogen and oxygen atoms in total. The number of carbonyl (C=O) groups is 1. The van der Waals surface area contributed by atoms with Gasteiger partial charge in [0.15, 0.2) is 0 Å². The van der Waals surface area contributed by atoms with Crippen molar-refractivity contribution in [3.05, 3.63) is 83.0 Å². The first-order chi connectivity index (χ1) is 13.6. The summed E-state index contributed by atoms with van der Waals surface area (Å²) in [6.45, 7) is -0.376. The molecule has 0 aliphatic carbocycles. The number of esters is 1. The van der Waals surface area contributed by atoms with E-state index in [9.17, 15) is 14.0 Å². The van der Waals surface area contributed by atoms with Crippen LogP contribution < -0.4 is 5.56 Å². The third-order valence-corrected chi connectivity index (χ3v) is 4.05. The number of benzene rings is 2. The quantitative estimate of drug-likeness (QED) is 0.496. The summed E-state index contributed by atoms with van der Waals surface area (Å²) in [6, 6.07) is 12.6. The predicted octanol–water partition coefficient (Wildman–Crippen LogP) is 2.93. The van der Waals surface area contributed by atoms with Crippen molar-refractivity contribution in [1.82, 2.24) is 14.5 Å². The van der Waals surface area contributed by atoms with Gasteiger partial charge >= 0.3 is 5.97 Å². The van der Waals surface area contributed by atoms with Crippen LogP contribution in [0, 0.1) is 5.82 Å². The molecule has 8 heteroatoms. The zero-order valence-corrected chi connectivity index (χ0v) is 14.5. The number of nitrogens with zero attached hydrogens (tertiary/aromatic N) is 3. The molecule has 0 amide bonds. The van der Waals surface area contributed by atoms with Gasteiger partial charge in [-0.15, -0.1) is 0 Å². The van der Waals surface area contributed by atoms with Crippen LogP contribution in [-0.2, 0) is 22.7 Å². The number of carbonyl (C=O) groups excluding carboxylic acids is 1. The molecule has 0 aliphatic rings. The molecule has 0 aliphatic heterocycles. The van der Waals surface area contributed by atoms with Crippen LogP contribution in [0.2, 0.25) is 0 Å². The lowest BCUT2D eigenvalue weighted by Crippen LogP contribution is -2.25. The van der Waals surface area contributed by atoms with Crippen molar-refractivity contribution < 1.29 is 18.3 Å². The summed E-state index contributed by atoms with van der Waals surface area (Å²) >= 11 is 0. The molecular formula is C20H14FN3O4. The van der Waals surface area contributed by atoms with Gasteiger partial charge in [-0.2, -0.15) is 0 Å². The molecule has 140 valence electrons. The molecule has 2 aromatic heterocycles. The monoisotopic (exact) mass is 379 g/mol. The highest BCUT2D eigenvalue weighted by atomic mass is 19.1. The normalized spacial score (nSPS) is 10.9. The van der Waals surface area contributed by atoms with E-state index >= 15 is 0 Å². The van der Waals surface area contributed by atoms with E-state index in [1.54, 1.807) is 24.3 Å². The van der Waals surface area contributed by atoms with Gasteiger partial charge in [-0.05, 0) is 36.4 Å². The Labute approximate surface area is 158 Å². The van der Waals surface area contributed by atoms with Gasteiger partial charge in [0.25, 0.3) is 5.56 Å². The minimum Gasteiger partial charge on any atom is -0.458 e. The van der Waals surface area contributed by atoms with Crippen molar-refractivity contribution >= 4 is 16.9 Å². The van der Waals surface area contributed by atoms with Gasteiger partial charge < -0.3 is 9.15 Å². The molecule has 28 heavy (non-hydrogen) atoms. The molecule has 0 saturated heterocycles. The van der Waals surface area contributed by atoms with Crippen LogP contribution in [0.1, 0.15) is 5.69 Å². The number of halogens is 1. The first-order valence-corrected chi connectivity index (χ1v) is 8.40. The zero-order chi connectivity index (χ0) is 19.5. The maximum Gasteiger partial charge on any atom is 0.326 e. The largest absolute Gasteiger partial charge is 0.458 e. The van der Waals surface area contributed by atoms with Crippen molar-refractivity contribution in [2.75, 3.05) is 0 Å². The number of hydrogen-bond donors (Lipinski definition) is 0. The lowest BCUT2D eigenvalue weighted by atomic mass is 10.2. The van der Waals surface area contributed by atoms with Gasteiger partial charge in [-0.1, -0.05) is 12.1 Å². The fourth-order valence-corrected chi connectivity index (χ4v) is 2.66. The first kappa shape index (κ1) is 17.6. The van der Waals surface area contributed by atoms with E-state index in [1.807, 2.05) is 0 Å². The van der Waals surface area contributed by atoms with Crippen molar-refractivity contribution in [1.29, 1.82) is 0 Å². The summed E-state index contributed by atoms with van der Waals surface area (Å²) in [6.07, 6.45) is 2.67. The Morgan fingerprint density at radius 1 is 1.14 bits per heavy atom. The van der Waals surface area contributed by atoms with E-state index < -0.39 is 5.97 Å². The number of ether oxygens (including phenoxy) is 1. The van der Waals surface area contributed by atoms with Crippen molar-refractivity contribution in [2.45, 2.75) is 13.2 Å².